The van der Waals surface area contributed by atoms with E-state index in [0.717, 1.165) is 23.4 Å². The molecule has 1 aliphatic rings. The van der Waals surface area contributed by atoms with Gasteiger partial charge in [0.1, 0.15) is 5.69 Å². The van der Waals surface area contributed by atoms with E-state index in [1.807, 2.05) is 6.07 Å². The second-order valence-corrected chi connectivity index (χ2v) is 5.76. The number of furan rings is 1. The summed E-state index contributed by atoms with van der Waals surface area (Å²) in [6, 6.07) is 6.96. The van der Waals surface area contributed by atoms with E-state index in [9.17, 15) is 4.79 Å². The van der Waals surface area contributed by atoms with Crippen LogP contribution in [0.2, 0.25) is 0 Å². The number of aromatic nitrogens is 1. The first kappa shape index (κ1) is 14.8. The molecule has 0 saturated carbocycles. The van der Waals surface area contributed by atoms with Gasteiger partial charge >= 0.3 is 0 Å². The molecule has 3 rings (SSSR count). The monoisotopic (exact) mass is 362 g/mol. The Balaban J connectivity index is 1.63. The van der Waals surface area contributed by atoms with Crippen LogP contribution in [0, 0.1) is 0 Å². The summed E-state index contributed by atoms with van der Waals surface area (Å²) in [7, 11) is 0. The molecule has 0 unspecified atom stereocenters. The van der Waals surface area contributed by atoms with Crippen molar-refractivity contribution in [3.8, 4) is 0 Å². The minimum atomic E-state index is -0.359. The zero-order chi connectivity index (χ0) is 15.4. The highest BCUT2D eigenvalue weighted by Crippen LogP contribution is 2.31. The lowest BCUT2D eigenvalue weighted by atomic mass is 10.3. The van der Waals surface area contributed by atoms with Gasteiger partial charge in [0.05, 0.1) is 10.7 Å². The lowest BCUT2D eigenvalue weighted by molar-refractivity contribution is 0.0950. The maximum atomic E-state index is 11.8. The van der Waals surface area contributed by atoms with Crippen molar-refractivity contribution in [2.45, 2.75) is 12.8 Å². The quantitative estimate of drug-likeness (QED) is 0.670. The van der Waals surface area contributed by atoms with Crippen LogP contribution in [0.15, 0.2) is 44.5 Å². The van der Waals surface area contributed by atoms with Gasteiger partial charge in [-0.05, 0) is 40.9 Å². The van der Waals surface area contributed by atoms with Crippen molar-refractivity contribution >= 4 is 33.9 Å². The fourth-order valence-electron chi connectivity index (χ4n) is 2.28. The molecule has 1 amide bonds. The second kappa shape index (κ2) is 6.74. The van der Waals surface area contributed by atoms with Gasteiger partial charge in [-0.25, -0.2) is 5.43 Å². The van der Waals surface area contributed by atoms with Crippen LogP contribution in [0.3, 0.4) is 0 Å². The van der Waals surface area contributed by atoms with Crippen LogP contribution in [-0.2, 0) is 0 Å². The standard InChI is InChI=1S/C15H15BrN4O2/c16-12-9-11(22-15(12)20-7-3-4-8-20)10-18-19-14(21)13-5-1-2-6-17-13/h1-2,5-6,9-10H,3-4,7-8H2,(H,19,21)/b18-10-. The summed E-state index contributed by atoms with van der Waals surface area (Å²) in [6.07, 6.45) is 5.39. The number of amides is 1. The summed E-state index contributed by atoms with van der Waals surface area (Å²) >= 11 is 3.49. The molecule has 0 radical (unpaired) electrons. The van der Waals surface area contributed by atoms with Gasteiger partial charge in [-0.15, -0.1) is 0 Å². The number of hydrazone groups is 1. The van der Waals surface area contributed by atoms with Gasteiger partial charge < -0.3 is 9.32 Å². The molecule has 0 aromatic carbocycles. The van der Waals surface area contributed by atoms with E-state index >= 15 is 0 Å². The predicted molar refractivity (Wildman–Crippen MR) is 87.2 cm³/mol. The van der Waals surface area contributed by atoms with Gasteiger partial charge in [-0.1, -0.05) is 6.07 Å². The number of nitrogens with zero attached hydrogens (tertiary/aromatic N) is 3. The normalized spacial score (nSPS) is 14.7. The van der Waals surface area contributed by atoms with Crippen LogP contribution in [0.1, 0.15) is 29.1 Å². The maximum absolute atomic E-state index is 11.8. The van der Waals surface area contributed by atoms with E-state index in [4.69, 9.17) is 4.42 Å². The Kier molecular flexibility index (Phi) is 4.53. The van der Waals surface area contributed by atoms with Gasteiger partial charge in [0, 0.05) is 25.4 Å². The van der Waals surface area contributed by atoms with Gasteiger partial charge in [0.15, 0.2) is 5.76 Å². The molecule has 114 valence electrons. The number of carbonyl (C=O) groups excluding carboxylic acids is 1. The van der Waals surface area contributed by atoms with Gasteiger partial charge in [-0.2, -0.15) is 5.10 Å². The largest absolute Gasteiger partial charge is 0.438 e. The van der Waals surface area contributed by atoms with Crippen molar-refractivity contribution in [3.05, 3.63) is 46.4 Å². The van der Waals surface area contributed by atoms with E-state index in [0.29, 0.717) is 11.5 Å². The van der Waals surface area contributed by atoms with E-state index in [1.165, 1.54) is 19.1 Å². The van der Waals surface area contributed by atoms with Crippen molar-refractivity contribution in [1.82, 2.24) is 10.4 Å². The van der Waals surface area contributed by atoms with Crippen molar-refractivity contribution < 1.29 is 9.21 Å². The molecular formula is C15H15BrN4O2. The number of nitrogens with one attached hydrogen (secondary N) is 1. The highest BCUT2D eigenvalue weighted by molar-refractivity contribution is 9.10. The summed E-state index contributed by atoms with van der Waals surface area (Å²) in [6.45, 7) is 2.00. The van der Waals surface area contributed by atoms with Crippen molar-refractivity contribution in [2.24, 2.45) is 5.10 Å². The van der Waals surface area contributed by atoms with Gasteiger partial charge in [0.2, 0.25) is 5.88 Å². The highest BCUT2D eigenvalue weighted by atomic mass is 79.9. The van der Waals surface area contributed by atoms with Gasteiger partial charge in [-0.3, -0.25) is 9.78 Å². The molecule has 0 spiro atoms. The molecule has 0 atom stereocenters. The van der Waals surface area contributed by atoms with Crippen LogP contribution in [0.25, 0.3) is 0 Å². The first-order valence-corrected chi connectivity index (χ1v) is 7.82. The molecule has 0 aliphatic carbocycles. The summed E-state index contributed by atoms with van der Waals surface area (Å²) in [5.41, 5.74) is 2.74. The average molecular weight is 363 g/mol. The van der Waals surface area contributed by atoms with E-state index in [2.05, 4.69) is 36.3 Å². The van der Waals surface area contributed by atoms with E-state index in [1.54, 1.807) is 24.4 Å². The SMILES string of the molecule is O=C(N/N=C\c1cc(Br)c(N2CCCC2)o1)c1ccccn1. The summed E-state index contributed by atoms with van der Waals surface area (Å²) in [4.78, 5) is 17.9. The number of anilines is 1. The molecule has 2 aromatic heterocycles. The molecule has 2 aromatic rings. The molecule has 7 heteroatoms. The number of carbonyl (C=O) groups is 1. The Morgan fingerprint density at radius 3 is 2.95 bits per heavy atom. The van der Waals surface area contributed by atoms with Crippen LogP contribution < -0.4 is 10.3 Å². The van der Waals surface area contributed by atoms with Crippen molar-refractivity contribution in [2.75, 3.05) is 18.0 Å². The number of rotatable bonds is 4. The summed E-state index contributed by atoms with van der Waals surface area (Å²) in [5.74, 6) is 1.03. The molecule has 6 nitrogen and oxygen atoms in total. The summed E-state index contributed by atoms with van der Waals surface area (Å²) < 4.78 is 6.64. The van der Waals surface area contributed by atoms with Crippen LogP contribution in [0.5, 0.6) is 0 Å². The Hall–Kier alpha value is -2.15. The molecule has 22 heavy (non-hydrogen) atoms. The Morgan fingerprint density at radius 1 is 1.41 bits per heavy atom. The van der Waals surface area contributed by atoms with E-state index < -0.39 is 0 Å². The highest BCUT2D eigenvalue weighted by Gasteiger charge is 2.19. The summed E-state index contributed by atoms with van der Waals surface area (Å²) in [5, 5.41) is 3.90. The van der Waals surface area contributed by atoms with Crippen molar-refractivity contribution in [1.29, 1.82) is 0 Å². The minimum Gasteiger partial charge on any atom is -0.438 e. The lowest BCUT2D eigenvalue weighted by Crippen LogP contribution is -2.18. The topological polar surface area (TPSA) is 70.7 Å². The third kappa shape index (κ3) is 3.36. The molecule has 1 N–H and O–H groups in total. The second-order valence-electron chi connectivity index (χ2n) is 4.91. The lowest BCUT2D eigenvalue weighted by Gasteiger charge is -2.13. The van der Waals surface area contributed by atoms with Crippen molar-refractivity contribution in [3.63, 3.8) is 0 Å². The molecule has 0 bridgehead atoms. The molecule has 1 aliphatic heterocycles. The van der Waals surface area contributed by atoms with Crippen LogP contribution in [-0.4, -0.2) is 30.2 Å². The number of halogens is 1. The Labute approximate surface area is 136 Å². The Bertz CT molecular complexity index is 678. The number of hydrogen-bond donors (Lipinski definition) is 1. The van der Waals surface area contributed by atoms with Crippen LogP contribution >= 0.6 is 15.9 Å². The van der Waals surface area contributed by atoms with Crippen LogP contribution in [0.4, 0.5) is 5.88 Å². The average Bonchev–Trinajstić information content (AvgIpc) is 3.17. The predicted octanol–water partition coefficient (Wildman–Crippen LogP) is 2.80. The molecular weight excluding hydrogens is 348 g/mol. The zero-order valence-corrected chi connectivity index (χ0v) is 13.4. The number of hydrogen-bond acceptors (Lipinski definition) is 5. The number of pyridine rings is 1. The Morgan fingerprint density at radius 2 is 2.23 bits per heavy atom. The minimum absolute atomic E-state index is 0.318. The van der Waals surface area contributed by atoms with E-state index in [-0.39, 0.29) is 5.91 Å². The fourth-order valence-corrected chi connectivity index (χ4v) is 2.84. The smallest absolute Gasteiger partial charge is 0.289 e. The molecule has 1 saturated heterocycles. The molecule has 1 fully saturated rings. The first-order chi connectivity index (χ1) is 10.7. The first-order valence-electron chi connectivity index (χ1n) is 7.03. The third-order valence-corrected chi connectivity index (χ3v) is 3.90. The maximum Gasteiger partial charge on any atom is 0.289 e. The third-order valence-electron chi connectivity index (χ3n) is 3.34. The zero-order valence-electron chi connectivity index (χ0n) is 11.8. The fraction of sp³-hybridized carbons (Fsp3) is 0.267. The van der Waals surface area contributed by atoms with Gasteiger partial charge in [0.25, 0.3) is 5.91 Å². The molecule has 3 heterocycles.